The number of rotatable bonds is 15. The standard InChI is InChI=1S/C28H29N7O10S3.C14H17N5O4S.4Na.4H/c1-29-21-6-4-18(24(16-21)47(39,40)41)2-3-19-5-7-22(17-25(19)48(42,43)44)31-27-32-26(33-28(34-27)35-12-14-45-15-13-35)30-20-8-10-23(11-9-20)46(36,37)38;1-10-15-13(18-14(16-10)19-6-8-23-9-7-19)17-11-2-4-12(5-3-11)24(20,21)22;;;;;;;;/h2-11,16-17,29H,12-15H2,1H3,(H,36,37,38)(H,39,40,41)(H,42,43,44)(H2,30,31,32,33,34);2-5H,6-9H2,1H3,(H,20,21,22)(H,15,16,17,18);;;;;;;;/b3-2+;;;;;;;;;. The molecule has 0 aliphatic carbocycles. The van der Waals surface area contributed by atoms with Gasteiger partial charge in [0.05, 0.1) is 36.2 Å². The Hall–Kier alpha value is -3.00. The molecule has 34 heteroatoms. The van der Waals surface area contributed by atoms with E-state index in [2.05, 4.69) is 51.2 Å². The van der Waals surface area contributed by atoms with Gasteiger partial charge in [-0.3, -0.25) is 18.2 Å². The minimum atomic E-state index is -4.81. The van der Waals surface area contributed by atoms with Crippen molar-refractivity contribution in [2.24, 2.45) is 0 Å². The van der Waals surface area contributed by atoms with Gasteiger partial charge in [-0.15, -0.1) is 0 Å². The molecule has 0 atom stereocenters. The maximum absolute atomic E-state index is 12.4. The van der Waals surface area contributed by atoms with Crippen molar-refractivity contribution >= 4 is 223 Å². The van der Waals surface area contributed by atoms with Crippen LogP contribution < -0.4 is 31.1 Å². The van der Waals surface area contributed by atoms with Crippen molar-refractivity contribution in [1.82, 2.24) is 29.9 Å². The molecule has 0 amide bonds. The van der Waals surface area contributed by atoms with E-state index in [-0.39, 0.29) is 163 Å². The van der Waals surface area contributed by atoms with Gasteiger partial charge >= 0.3 is 118 Å². The van der Waals surface area contributed by atoms with E-state index in [4.69, 9.17) is 14.0 Å². The number of aromatic nitrogens is 6. The SMILES string of the molecule is CNc1ccc(/C=C/c2ccc(Nc3nc(Nc4ccc(S(=O)(=O)O)cc4)nc(N4CCOCC4)n3)cc2S(=O)(=O)O)c(S(=O)(=O)O)c1.Cc1nc(Nc2ccc(S(=O)(=O)O)cc2)nc(N2CCOCC2)n1.[NaH].[NaH].[NaH].[NaH]. The molecular formula is C42H50N12Na4O14S4. The molecule has 2 fully saturated rings. The third kappa shape index (κ3) is 19.4. The van der Waals surface area contributed by atoms with Gasteiger partial charge in [0, 0.05) is 56.0 Å². The molecule has 0 saturated carbocycles. The number of nitrogens with zero attached hydrogens (tertiary/aromatic N) is 8. The fraction of sp³-hybridized carbons (Fsp3) is 0.238. The fourth-order valence-electron chi connectivity index (χ4n) is 6.82. The molecule has 2 saturated heterocycles. The molecule has 2 aromatic heterocycles. The first kappa shape index (κ1) is 67.3. The molecule has 0 spiro atoms. The quantitative estimate of drug-likeness (QED) is 0.0411. The topological polar surface area (TPSA) is 368 Å². The van der Waals surface area contributed by atoms with Crippen molar-refractivity contribution in [2.75, 3.05) is 90.7 Å². The van der Waals surface area contributed by atoms with Crippen molar-refractivity contribution < 1.29 is 61.4 Å². The number of aryl methyl sites for hydroxylation is 1. The number of benzene rings is 4. The van der Waals surface area contributed by atoms with Crippen LogP contribution in [-0.2, 0) is 49.9 Å². The Balaban J connectivity index is 0.000000460. The number of anilines is 9. The minimum absolute atomic E-state index is 0. The molecular weight excluding hydrogens is 1120 g/mol. The van der Waals surface area contributed by atoms with E-state index in [0.29, 0.717) is 87.4 Å². The second-order valence-corrected chi connectivity index (χ2v) is 21.0. The first-order chi connectivity index (χ1) is 34.0. The summed E-state index contributed by atoms with van der Waals surface area (Å²) in [5, 5.41) is 11.6. The molecule has 0 unspecified atom stereocenters. The summed E-state index contributed by atoms with van der Waals surface area (Å²) in [5.41, 5.74) is 1.61. The van der Waals surface area contributed by atoms with E-state index in [0.717, 1.165) is 6.07 Å². The monoisotopic (exact) mass is 1170 g/mol. The zero-order valence-corrected chi connectivity index (χ0v) is 41.2. The molecule has 26 nitrogen and oxygen atoms in total. The van der Waals surface area contributed by atoms with Crippen molar-refractivity contribution in [1.29, 1.82) is 0 Å². The molecule has 4 aromatic carbocycles. The number of nitrogens with one attached hydrogen (secondary N) is 4. The zero-order valence-electron chi connectivity index (χ0n) is 38.0. The molecule has 390 valence electrons. The Morgan fingerprint density at radius 1 is 0.461 bits per heavy atom. The Morgan fingerprint density at radius 2 is 0.803 bits per heavy atom. The summed E-state index contributed by atoms with van der Waals surface area (Å²) in [7, 11) is -16.5. The second-order valence-electron chi connectivity index (χ2n) is 15.4. The first-order valence-electron chi connectivity index (χ1n) is 21.2. The van der Waals surface area contributed by atoms with Crippen LogP contribution in [0.3, 0.4) is 0 Å². The summed E-state index contributed by atoms with van der Waals surface area (Å²) in [6.45, 7) is 6.25. The van der Waals surface area contributed by atoms with Crippen molar-refractivity contribution in [2.45, 2.75) is 26.5 Å². The van der Waals surface area contributed by atoms with Gasteiger partial charge < -0.3 is 40.5 Å². The molecule has 2 aliphatic rings. The van der Waals surface area contributed by atoms with E-state index in [9.17, 15) is 47.3 Å². The molecule has 8 N–H and O–H groups in total. The summed E-state index contributed by atoms with van der Waals surface area (Å²) < 4.78 is 142. The van der Waals surface area contributed by atoms with Crippen LogP contribution in [0.25, 0.3) is 12.2 Å². The normalized spacial score (nSPS) is 13.8. The van der Waals surface area contributed by atoms with Crippen LogP contribution in [0.2, 0.25) is 0 Å². The van der Waals surface area contributed by atoms with Crippen LogP contribution in [0.1, 0.15) is 17.0 Å². The van der Waals surface area contributed by atoms with Crippen molar-refractivity contribution in [3.05, 3.63) is 102 Å². The van der Waals surface area contributed by atoms with Gasteiger partial charge in [0.15, 0.2) is 0 Å². The van der Waals surface area contributed by atoms with Gasteiger partial charge in [-0.2, -0.15) is 63.6 Å². The fourth-order valence-corrected chi connectivity index (χ4v) is 9.20. The van der Waals surface area contributed by atoms with E-state index in [1.54, 1.807) is 20.0 Å². The second kappa shape index (κ2) is 29.5. The van der Waals surface area contributed by atoms with Crippen molar-refractivity contribution in [3.8, 4) is 0 Å². The summed E-state index contributed by atoms with van der Waals surface area (Å²) in [4.78, 5) is 28.6. The third-order valence-corrected chi connectivity index (χ3v) is 13.9. The average molecular weight is 1170 g/mol. The van der Waals surface area contributed by atoms with Crippen LogP contribution in [-0.4, -0.2) is 260 Å². The van der Waals surface area contributed by atoms with Gasteiger partial charge in [-0.1, -0.05) is 24.3 Å². The molecule has 76 heavy (non-hydrogen) atoms. The molecule has 6 aromatic rings. The summed E-state index contributed by atoms with van der Waals surface area (Å²) in [5.74, 6) is 1.79. The van der Waals surface area contributed by atoms with Crippen molar-refractivity contribution in [3.63, 3.8) is 0 Å². The van der Waals surface area contributed by atoms with Crippen LogP contribution >= 0.6 is 0 Å². The van der Waals surface area contributed by atoms with Gasteiger partial charge in [-0.25, -0.2) is 0 Å². The van der Waals surface area contributed by atoms with Crippen LogP contribution in [0.15, 0.2) is 105 Å². The number of ether oxygens (including phenoxy) is 2. The van der Waals surface area contributed by atoms with E-state index >= 15 is 0 Å². The number of hydrogen-bond acceptors (Lipinski definition) is 22. The van der Waals surface area contributed by atoms with Gasteiger partial charge in [0.1, 0.15) is 15.6 Å². The third-order valence-electron chi connectivity index (χ3n) is 10.3. The van der Waals surface area contributed by atoms with E-state index < -0.39 is 50.3 Å². The maximum atomic E-state index is 12.4. The molecule has 0 radical (unpaired) electrons. The van der Waals surface area contributed by atoms with Gasteiger partial charge in [-0.05, 0) is 90.8 Å². The summed E-state index contributed by atoms with van der Waals surface area (Å²) in [6.07, 6.45) is 2.55. The number of morpholine rings is 2. The average Bonchev–Trinajstić information content (AvgIpc) is 3.33. The van der Waals surface area contributed by atoms with Gasteiger partial charge in [0.2, 0.25) is 29.7 Å². The molecule has 0 bridgehead atoms. The van der Waals surface area contributed by atoms with Crippen LogP contribution in [0.5, 0.6) is 0 Å². The summed E-state index contributed by atoms with van der Waals surface area (Å²) in [6, 6.07) is 19.0. The summed E-state index contributed by atoms with van der Waals surface area (Å²) >= 11 is 0. The first-order valence-corrected chi connectivity index (χ1v) is 27.0. The van der Waals surface area contributed by atoms with Gasteiger partial charge in [0.25, 0.3) is 40.5 Å². The molecule has 8 rings (SSSR count). The Bertz CT molecular complexity index is 3440. The predicted molar refractivity (Wildman–Crippen MR) is 292 cm³/mol. The van der Waals surface area contributed by atoms with Crippen LogP contribution in [0, 0.1) is 6.92 Å². The zero-order chi connectivity index (χ0) is 51.8. The van der Waals surface area contributed by atoms with E-state index in [1.807, 2.05) is 9.80 Å². The molecule has 4 heterocycles. The molecule has 2 aliphatic heterocycles. The predicted octanol–water partition coefficient (Wildman–Crippen LogP) is 1.56. The van der Waals surface area contributed by atoms with Crippen LogP contribution in [0.4, 0.5) is 52.5 Å². The number of hydrogen-bond donors (Lipinski definition) is 8. The Morgan fingerprint density at radius 3 is 1.18 bits per heavy atom. The Kier molecular flexibility index (Phi) is 26.1. The Labute approximate surface area is 527 Å². The van der Waals surface area contributed by atoms with E-state index in [1.165, 1.54) is 84.9 Å².